The van der Waals surface area contributed by atoms with Crippen molar-refractivity contribution in [3.8, 4) is 0 Å². The molecular weight excluding hydrogens is 370 g/mol. The van der Waals surface area contributed by atoms with E-state index in [0.717, 1.165) is 25.0 Å². The van der Waals surface area contributed by atoms with Gasteiger partial charge in [0.25, 0.3) is 0 Å². The van der Waals surface area contributed by atoms with Gasteiger partial charge in [0.1, 0.15) is 5.60 Å². The van der Waals surface area contributed by atoms with Crippen molar-refractivity contribution in [3.05, 3.63) is 0 Å². The minimum Gasteiger partial charge on any atom is -0.469 e. The smallest absolute Gasteiger partial charge is 0.407 e. The highest BCUT2D eigenvalue weighted by Crippen LogP contribution is 2.36. The summed E-state index contributed by atoms with van der Waals surface area (Å²) in [6.45, 7) is 5.56. The van der Waals surface area contributed by atoms with E-state index in [1.54, 1.807) is 0 Å². The summed E-state index contributed by atoms with van der Waals surface area (Å²) < 4.78 is 9.92. The van der Waals surface area contributed by atoms with E-state index >= 15 is 0 Å². The first-order valence-electron chi connectivity index (χ1n) is 7.55. The number of hydrogen-bond acceptors (Lipinski definition) is 5. The van der Waals surface area contributed by atoms with E-state index in [9.17, 15) is 9.59 Å². The van der Waals surface area contributed by atoms with Crippen LogP contribution >= 0.6 is 27.7 Å². The lowest BCUT2D eigenvalue weighted by Gasteiger charge is -2.23. The quantitative estimate of drug-likeness (QED) is 0.423. The van der Waals surface area contributed by atoms with Crippen LogP contribution in [0.3, 0.4) is 0 Å². The van der Waals surface area contributed by atoms with Gasteiger partial charge in [-0.25, -0.2) is 4.79 Å². The van der Waals surface area contributed by atoms with Crippen LogP contribution in [0.4, 0.5) is 4.79 Å². The van der Waals surface area contributed by atoms with Gasteiger partial charge in [-0.3, -0.25) is 4.79 Å². The van der Waals surface area contributed by atoms with Crippen LogP contribution in [0.1, 0.15) is 46.5 Å². The summed E-state index contributed by atoms with van der Waals surface area (Å²) in [4.78, 5) is 23.1. The topological polar surface area (TPSA) is 64.6 Å². The number of thioether (sulfide) groups is 1. The third-order valence-corrected chi connectivity index (χ3v) is 6.41. The molecule has 1 heterocycles. The Balaban J connectivity index is 2.28. The van der Waals surface area contributed by atoms with Crippen LogP contribution in [0, 0.1) is 0 Å². The Labute approximate surface area is 145 Å². The van der Waals surface area contributed by atoms with Crippen LogP contribution in [0.5, 0.6) is 0 Å². The van der Waals surface area contributed by atoms with E-state index in [4.69, 9.17) is 4.74 Å². The van der Waals surface area contributed by atoms with Crippen LogP contribution in [0.25, 0.3) is 0 Å². The van der Waals surface area contributed by atoms with Gasteiger partial charge in [0.15, 0.2) is 0 Å². The molecule has 1 aliphatic rings. The Morgan fingerprint density at radius 2 is 2.00 bits per heavy atom. The number of carbonyl (C=O) groups is 2. The molecule has 0 bridgehead atoms. The summed E-state index contributed by atoms with van der Waals surface area (Å²) in [5.41, 5.74) is -0.481. The number of ether oxygens (including phenoxy) is 2. The van der Waals surface area contributed by atoms with Crippen LogP contribution < -0.4 is 5.32 Å². The highest BCUT2D eigenvalue weighted by atomic mass is 79.9. The molecule has 1 amide bonds. The molecule has 0 aromatic heterocycles. The molecule has 5 nitrogen and oxygen atoms in total. The molecule has 0 aliphatic carbocycles. The molecule has 0 unspecified atom stereocenters. The van der Waals surface area contributed by atoms with Crippen molar-refractivity contribution in [2.24, 2.45) is 0 Å². The van der Waals surface area contributed by atoms with Crippen molar-refractivity contribution >= 4 is 39.8 Å². The fourth-order valence-electron chi connectivity index (χ4n) is 2.21. The molecule has 7 heteroatoms. The predicted molar refractivity (Wildman–Crippen MR) is 92.6 cm³/mol. The molecule has 0 aromatic carbocycles. The van der Waals surface area contributed by atoms with E-state index in [2.05, 4.69) is 26.0 Å². The lowest BCUT2D eigenvalue weighted by atomic mass is 10.1. The Hall–Kier alpha value is -0.430. The molecule has 1 rings (SSSR count). The maximum atomic E-state index is 11.8. The first-order chi connectivity index (χ1) is 10.2. The number of nitrogens with one attached hydrogen (secondary N) is 1. The maximum Gasteiger partial charge on any atom is 0.407 e. The monoisotopic (exact) mass is 395 g/mol. The molecule has 128 valence electrons. The molecule has 1 fully saturated rings. The third-order valence-electron chi connectivity index (χ3n) is 3.28. The number of alkyl carbamates (subject to hydrolysis) is 1. The normalized spacial score (nSPS) is 24.9. The first-order valence-corrected chi connectivity index (χ1v) is 9.51. The minimum atomic E-state index is -0.481. The third kappa shape index (κ3) is 7.22. The van der Waals surface area contributed by atoms with Crippen molar-refractivity contribution in [1.82, 2.24) is 5.32 Å². The highest BCUT2D eigenvalue weighted by molar-refractivity contribution is 9.09. The lowest BCUT2D eigenvalue weighted by Crippen LogP contribution is -2.44. The lowest BCUT2D eigenvalue weighted by molar-refractivity contribution is -0.140. The number of rotatable bonds is 6. The van der Waals surface area contributed by atoms with Crippen LogP contribution in [-0.4, -0.2) is 46.6 Å². The van der Waals surface area contributed by atoms with Gasteiger partial charge in [-0.2, -0.15) is 11.8 Å². The van der Waals surface area contributed by atoms with Crippen molar-refractivity contribution in [3.63, 3.8) is 0 Å². The van der Waals surface area contributed by atoms with Crippen molar-refractivity contribution in [2.45, 2.75) is 68.2 Å². The number of carbonyl (C=O) groups excluding carboxylic acids is 2. The number of amides is 1. The zero-order valence-corrected chi connectivity index (χ0v) is 16.1. The molecule has 1 saturated heterocycles. The molecule has 22 heavy (non-hydrogen) atoms. The summed E-state index contributed by atoms with van der Waals surface area (Å²) in [5.74, 6) is 0.718. The second kappa shape index (κ2) is 9.01. The molecule has 0 spiro atoms. The second-order valence-corrected chi connectivity index (χ2v) is 8.72. The number of alkyl halides is 1. The van der Waals surface area contributed by atoms with Gasteiger partial charge < -0.3 is 14.8 Å². The van der Waals surface area contributed by atoms with Crippen molar-refractivity contribution < 1.29 is 19.1 Å². The molecule has 0 aromatic rings. The Bertz CT molecular complexity index is 386. The van der Waals surface area contributed by atoms with Crippen LogP contribution in [0.2, 0.25) is 0 Å². The van der Waals surface area contributed by atoms with E-state index in [0.29, 0.717) is 11.7 Å². The largest absolute Gasteiger partial charge is 0.469 e. The fourth-order valence-corrected chi connectivity index (χ4v) is 4.95. The van der Waals surface area contributed by atoms with Gasteiger partial charge in [0.05, 0.1) is 13.2 Å². The Morgan fingerprint density at radius 1 is 1.32 bits per heavy atom. The standard InChI is InChI=1S/C15H26BrNO4S/c1-15(2,3)21-14(19)17-10-9-22-11(13(10)16)7-5-6-8-12(18)20-4/h10-11,13H,5-9H2,1-4H3,(H,17,19)/t10-,11+,13+/m0/s1. The predicted octanol–water partition coefficient (Wildman–Crippen LogP) is 3.49. The summed E-state index contributed by atoms with van der Waals surface area (Å²) in [6, 6.07) is 0.0745. The van der Waals surface area contributed by atoms with Crippen LogP contribution in [0.15, 0.2) is 0 Å². The molecule has 3 atom stereocenters. The molecule has 1 N–H and O–H groups in total. The summed E-state index contributed by atoms with van der Waals surface area (Å²) in [6.07, 6.45) is 2.94. The maximum absolute atomic E-state index is 11.8. The van der Waals surface area contributed by atoms with Gasteiger partial charge in [-0.15, -0.1) is 0 Å². The Morgan fingerprint density at radius 3 is 2.59 bits per heavy atom. The van der Waals surface area contributed by atoms with Gasteiger partial charge in [-0.05, 0) is 33.6 Å². The molecule has 1 aliphatic heterocycles. The minimum absolute atomic E-state index is 0.0745. The second-order valence-electron chi connectivity index (χ2n) is 6.39. The Kier molecular flexibility index (Phi) is 8.03. The summed E-state index contributed by atoms with van der Waals surface area (Å²) in [5, 5.41) is 3.37. The highest BCUT2D eigenvalue weighted by Gasteiger charge is 2.36. The molecule has 0 saturated carbocycles. The van der Waals surface area contributed by atoms with Gasteiger partial charge in [0.2, 0.25) is 0 Å². The van der Waals surface area contributed by atoms with Crippen LogP contribution in [-0.2, 0) is 14.3 Å². The summed E-state index contributed by atoms with van der Waals surface area (Å²) >= 11 is 5.54. The van der Waals surface area contributed by atoms with Gasteiger partial charge >= 0.3 is 12.1 Å². The van der Waals surface area contributed by atoms with E-state index < -0.39 is 5.60 Å². The zero-order valence-electron chi connectivity index (χ0n) is 13.7. The van der Waals surface area contributed by atoms with Crippen molar-refractivity contribution in [2.75, 3.05) is 12.9 Å². The summed E-state index contributed by atoms with van der Waals surface area (Å²) in [7, 11) is 1.41. The van der Waals surface area contributed by atoms with E-state index in [-0.39, 0.29) is 22.9 Å². The zero-order chi connectivity index (χ0) is 16.8. The number of halogens is 1. The average molecular weight is 396 g/mol. The molecule has 0 radical (unpaired) electrons. The number of hydrogen-bond donors (Lipinski definition) is 1. The molecular formula is C15H26BrNO4S. The first kappa shape index (κ1) is 19.6. The van der Waals surface area contributed by atoms with Gasteiger partial charge in [-0.1, -0.05) is 22.4 Å². The van der Waals surface area contributed by atoms with E-state index in [1.807, 2.05) is 32.5 Å². The SMILES string of the molecule is COC(=O)CCCC[C@H]1SC[C@H](NC(=O)OC(C)(C)C)[C@H]1Br. The fraction of sp³-hybridized carbons (Fsp3) is 0.867. The number of unbranched alkanes of at least 4 members (excludes halogenated alkanes) is 1. The average Bonchev–Trinajstić information content (AvgIpc) is 2.73. The number of methoxy groups -OCH3 is 1. The van der Waals surface area contributed by atoms with Crippen molar-refractivity contribution in [1.29, 1.82) is 0 Å². The van der Waals surface area contributed by atoms with E-state index in [1.165, 1.54) is 7.11 Å². The van der Waals surface area contributed by atoms with Gasteiger partial charge in [0, 0.05) is 22.3 Å². The number of esters is 1.